The third-order valence-electron chi connectivity index (χ3n) is 1.96. The summed E-state index contributed by atoms with van der Waals surface area (Å²) in [6.07, 6.45) is 0.211. The maximum atomic E-state index is 11.4. The molecule has 5 heteroatoms. The lowest BCUT2D eigenvalue weighted by atomic mass is 10.1. The van der Waals surface area contributed by atoms with Crippen molar-refractivity contribution in [3.63, 3.8) is 0 Å². The first kappa shape index (κ1) is 13.5. The normalized spacial score (nSPS) is 10.0. The van der Waals surface area contributed by atoms with Crippen LogP contribution >= 0.6 is 31.9 Å². The van der Waals surface area contributed by atoms with Gasteiger partial charge in [0.2, 0.25) is 0 Å². The van der Waals surface area contributed by atoms with Gasteiger partial charge in [0.15, 0.2) is 0 Å². The summed E-state index contributed by atoms with van der Waals surface area (Å²) >= 11 is 6.76. The molecule has 0 saturated heterocycles. The summed E-state index contributed by atoms with van der Waals surface area (Å²) < 4.78 is 11.9. The van der Waals surface area contributed by atoms with E-state index in [4.69, 9.17) is 9.47 Å². The number of carbonyl (C=O) groups excluding carboxylic acids is 1. The molecule has 0 fully saturated rings. The number of hydrogen-bond acceptors (Lipinski definition) is 3. The fraction of sp³-hybridized carbons (Fsp3) is 0.364. The molecule has 0 bridgehead atoms. The number of hydrogen-bond donors (Lipinski definition) is 0. The lowest BCUT2D eigenvalue weighted by molar-refractivity contribution is -0.142. The van der Waals surface area contributed by atoms with Crippen LogP contribution in [-0.2, 0) is 16.0 Å². The van der Waals surface area contributed by atoms with Crippen molar-refractivity contribution < 1.29 is 14.3 Å². The van der Waals surface area contributed by atoms with E-state index in [1.165, 1.54) is 0 Å². The molecule has 0 unspecified atom stereocenters. The molecule has 1 rings (SSSR count). The second kappa shape index (κ2) is 6.25. The maximum Gasteiger partial charge on any atom is 0.310 e. The fourth-order valence-corrected chi connectivity index (χ4v) is 1.98. The quantitative estimate of drug-likeness (QED) is 0.780. The Labute approximate surface area is 111 Å². The molecular formula is C11H12Br2O3. The maximum absolute atomic E-state index is 11.4. The van der Waals surface area contributed by atoms with Crippen LogP contribution in [-0.4, -0.2) is 19.7 Å². The zero-order chi connectivity index (χ0) is 12.1. The number of halogens is 2. The van der Waals surface area contributed by atoms with E-state index in [0.29, 0.717) is 12.4 Å². The van der Waals surface area contributed by atoms with Gasteiger partial charge in [-0.3, -0.25) is 4.79 Å². The van der Waals surface area contributed by atoms with Gasteiger partial charge < -0.3 is 9.47 Å². The second-order valence-corrected chi connectivity index (χ2v) is 4.77. The zero-order valence-electron chi connectivity index (χ0n) is 9.05. The van der Waals surface area contributed by atoms with E-state index in [9.17, 15) is 4.79 Å². The minimum atomic E-state index is -0.255. The zero-order valence-corrected chi connectivity index (χ0v) is 12.2. The van der Waals surface area contributed by atoms with Crippen molar-refractivity contribution in [1.29, 1.82) is 0 Å². The highest BCUT2D eigenvalue weighted by Gasteiger charge is 2.12. The monoisotopic (exact) mass is 350 g/mol. The summed E-state index contributed by atoms with van der Waals surface area (Å²) in [5.41, 5.74) is 0.802. The van der Waals surface area contributed by atoms with Gasteiger partial charge in [0.25, 0.3) is 0 Å². The van der Waals surface area contributed by atoms with Crippen LogP contribution in [0.5, 0.6) is 5.75 Å². The predicted octanol–water partition coefficient (Wildman–Crippen LogP) is 3.33. The molecule has 0 atom stereocenters. The van der Waals surface area contributed by atoms with Gasteiger partial charge in [-0.05, 0) is 50.9 Å². The number of methoxy groups -OCH3 is 1. The summed E-state index contributed by atoms with van der Waals surface area (Å²) in [6.45, 7) is 2.17. The smallest absolute Gasteiger partial charge is 0.310 e. The average molecular weight is 352 g/mol. The van der Waals surface area contributed by atoms with Gasteiger partial charge in [0.05, 0.1) is 20.1 Å². The fourth-order valence-electron chi connectivity index (χ4n) is 1.27. The lowest BCUT2D eigenvalue weighted by Crippen LogP contribution is -2.08. The molecule has 88 valence electrons. The number of ether oxygens (including phenoxy) is 2. The molecule has 16 heavy (non-hydrogen) atoms. The Morgan fingerprint density at radius 2 is 1.94 bits per heavy atom. The van der Waals surface area contributed by atoms with Gasteiger partial charge in [-0.15, -0.1) is 0 Å². The molecule has 0 heterocycles. The Balaban J connectivity index is 2.94. The molecule has 0 amide bonds. The van der Waals surface area contributed by atoms with Crippen molar-refractivity contribution in [2.75, 3.05) is 13.7 Å². The lowest BCUT2D eigenvalue weighted by Gasteiger charge is -2.09. The largest absolute Gasteiger partial charge is 0.496 e. The van der Waals surface area contributed by atoms with Gasteiger partial charge in [0.1, 0.15) is 5.75 Å². The first-order chi connectivity index (χ1) is 7.58. The molecule has 0 aromatic heterocycles. The van der Waals surface area contributed by atoms with Crippen LogP contribution in [0.25, 0.3) is 0 Å². The number of esters is 1. The van der Waals surface area contributed by atoms with Crippen LogP contribution in [0.15, 0.2) is 21.1 Å². The van der Waals surface area contributed by atoms with E-state index in [-0.39, 0.29) is 12.4 Å². The second-order valence-electron chi connectivity index (χ2n) is 3.06. The van der Waals surface area contributed by atoms with E-state index < -0.39 is 0 Å². The van der Waals surface area contributed by atoms with Gasteiger partial charge in [-0.25, -0.2) is 0 Å². The van der Waals surface area contributed by atoms with Crippen LogP contribution in [0, 0.1) is 0 Å². The topological polar surface area (TPSA) is 35.5 Å². The van der Waals surface area contributed by atoms with Crippen molar-refractivity contribution in [3.8, 4) is 5.75 Å². The first-order valence-electron chi connectivity index (χ1n) is 4.76. The minimum Gasteiger partial charge on any atom is -0.496 e. The molecule has 0 aliphatic carbocycles. The third-order valence-corrected chi connectivity index (χ3v) is 3.81. The third kappa shape index (κ3) is 3.49. The predicted molar refractivity (Wildman–Crippen MR) is 68.7 cm³/mol. The molecule has 1 aromatic rings. The number of carbonyl (C=O) groups is 1. The average Bonchev–Trinajstić information content (AvgIpc) is 2.23. The van der Waals surface area contributed by atoms with E-state index >= 15 is 0 Å². The number of benzene rings is 1. The highest BCUT2D eigenvalue weighted by molar-refractivity contribution is 9.13. The number of rotatable bonds is 4. The SMILES string of the molecule is CCOC(=O)Cc1cc(Br)c(Br)cc1OC. The molecule has 0 aliphatic heterocycles. The van der Waals surface area contributed by atoms with Crippen molar-refractivity contribution >= 4 is 37.8 Å². The van der Waals surface area contributed by atoms with Crippen LogP contribution in [0.1, 0.15) is 12.5 Å². The van der Waals surface area contributed by atoms with Gasteiger partial charge >= 0.3 is 5.97 Å². The Kier molecular flexibility index (Phi) is 5.28. The van der Waals surface area contributed by atoms with E-state index in [1.54, 1.807) is 14.0 Å². The van der Waals surface area contributed by atoms with E-state index in [2.05, 4.69) is 31.9 Å². The molecule has 0 aliphatic rings. The molecule has 0 spiro atoms. The van der Waals surface area contributed by atoms with Crippen LogP contribution in [0.2, 0.25) is 0 Å². The summed E-state index contributed by atoms with van der Waals surface area (Å²) in [7, 11) is 1.57. The van der Waals surface area contributed by atoms with Crippen molar-refractivity contribution in [2.45, 2.75) is 13.3 Å². The highest BCUT2D eigenvalue weighted by Crippen LogP contribution is 2.31. The van der Waals surface area contributed by atoms with Crippen molar-refractivity contribution in [1.82, 2.24) is 0 Å². The molecule has 0 saturated carbocycles. The highest BCUT2D eigenvalue weighted by atomic mass is 79.9. The summed E-state index contributed by atoms with van der Waals surface area (Å²) in [5, 5.41) is 0. The van der Waals surface area contributed by atoms with Gasteiger partial charge in [0, 0.05) is 14.5 Å². The van der Waals surface area contributed by atoms with Crippen LogP contribution < -0.4 is 4.74 Å². The summed E-state index contributed by atoms with van der Waals surface area (Å²) in [6, 6.07) is 3.67. The Bertz CT molecular complexity index is 391. The molecule has 0 radical (unpaired) electrons. The minimum absolute atomic E-state index is 0.211. The van der Waals surface area contributed by atoms with Crippen molar-refractivity contribution in [3.05, 3.63) is 26.6 Å². The standard InChI is InChI=1S/C11H12Br2O3/c1-3-16-11(14)5-7-4-8(12)9(13)6-10(7)15-2/h4,6H,3,5H2,1-2H3. The van der Waals surface area contributed by atoms with Crippen LogP contribution in [0.4, 0.5) is 0 Å². The molecule has 3 nitrogen and oxygen atoms in total. The molecule has 0 N–H and O–H groups in total. The van der Waals surface area contributed by atoms with E-state index in [0.717, 1.165) is 14.5 Å². The van der Waals surface area contributed by atoms with Gasteiger partial charge in [-0.1, -0.05) is 0 Å². The van der Waals surface area contributed by atoms with Gasteiger partial charge in [-0.2, -0.15) is 0 Å². The molecule has 1 aromatic carbocycles. The Morgan fingerprint density at radius 1 is 1.31 bits per heavy atom. The summed E-state index contributed by atoms with van der Waals surface area (Å²) in [4.78, 5) is 11.4. The first-order valence-corrected chi connectivity index (χ1v) is 6.34. The Morgan fingerprint density at radius 3 is 2.50 bits per heavy atom. The molecular weight excluding hydrogens is 340 g/mol. The van der Waals surface area contributed by atoms with E-state index in [1.807, 2.05) is 12.1 Å². The summed E-state index contributed by atoms with van der Waals surface area (Å²) in [5.74, 6) is 0.415. The Hall–Kier alpha value is -0.550. The van der Waals surface area contributed by atoms with Crippen molar-refractivity contribution in [2.24, 2.45) is 0 Å². The van der Waals surface area contributed by atoms with Crippen LogP contribution in [0.3, 0.4) is 0 Å².